The van der Waals surface area contributed by atoms with Gasteiger partial charge in [0.25, 0.3) is 5.88 Å². The third-order valence-electron chi connectivity index (χ3n) is 9.06. The lowest BCUT2D eigenvalue weighted by molar-refractivity contribution is -0.0508. The maximum Gasteiger partial charge on any atom is 0.387 e. The summed E-state index contributed by atoms with van der Waals surface area (Å²) in [5.41, 5.74) is 1.31. The number of halogens is 5. The quantitative estimate of drug-likeness (QED) is 0.185. The van der Waals surface area contributed by atoms with Crippen molar-refractivity contribution in [2.24, 2.45) is 10.8 Å². The molecule has 2 aliphatic heterocycles. The molecule has 0 atom stereocenters. The van der Waals surface area contributed by atoms with E-state index in [1.165, 1.54) is 24.3 Å². The molecule has 15 heteroatoms. The molecule has 1 spiro atoms. The molecule has 2 saturated heterocycles. The maximum absolute atomic E-state index is 14.9. The van der Waals surface area contributed by atoms with Crippen LogP contribution in [0.25, 0.3) is 11.0 Å². The van der Waals surface area contributed by atoms with Crippen LogP contribution in [0.1, 0.15) is 35.2 Å². The minimum absolute atomic E-state index is 0.0914. The fourth-order valence-electron chi connectivity index (χ4n) is 6.49. The highest BCUT2D eigenvalue weighted by molar-refractivity contribution is 6.30. The van der Waals surface area contributed by atoms with Gasteiger partial charge in [-0.2, -0.15) is 19.0 Å². The van der Waals surface area contributed by atoms with E-state index in [0.717, 1.165) is 12.8 Å². The fraction of sp³-hybridized carbons (Fsp3) is 0.375. The first-order valence-corrected chi connectivity index (χ1v) is 15.2. The van der Waals surface area contributed by atoms with Crippen LogP contribution < -0.4 is 19.3 Å². The molecule has 0 bridgehead atoms. The lowest BCUT2D eigenvalue weighted by Crippen LogP contribution is -2.73. The van der Waals surface area contributed by atoms with E-state index in [-0.39, 0.29) is 45.2 Å². The molecule has 3 fully saturated rings. The van der Waals surface area contributed by atoms with Crippen molar-refractivity contribution in [3.05, 3.63) is 70.2 Å². The van der Waals surface area contributed by atoms with Gasteiger partial charge >= 0.3 is 12.6 Å². The zero-order valence-corrected chi connectivity index (χ0v) is 25.5. The predicted molar refractivity (Wildman–Crippen MR) is 162 cm³/mol. The summed E-state index contributed by atoms with van der Waals surface area (Å²) >= 11 is 5.88. The summed E-state index contributed by atoms with van der Waals surface area (Å²) in [6.45, 7) is -0.877. The highest BCUT2D eigenvalue weighted by Crippen LogP contribution is 2.52. The first-order valence-electron chi connectivity index (χ1n) is 14.8. The number of benzene rings is 2. The van der Waals surface area contributed by atoms with Crippen molar-refractivity contribution in [1.82, 2.24) is 14.5 Å². The van der Waals surface area contributed by atoms with Crippen LogP contribution in [0.2, 0.25) is 5.02 Å². The molecular formula is C32H27ClF4N6O4. The van der Waals surface area contributed by atoms with Crippen LogP contribution in [0.15, 0.2) is 42.5 Å². The van der Waals surface area contributed by atoms with Gasteiger partial charge in [-0.05, 0) is 43.2 Å². The molecule has 244 valence electrons. The summed E-state index contributed by atoms with van der Waals surface area (Å²) in [5.74, 6) is -3.07. The van der Waals surface area contributed by atoms with E-state index in [2.05, 4.69) is 20.7 Å². The number of carboxylic acid groups (broad SMARTS) is 1. The summed E-state index contributed by atoms with van der Waals surface area (Å²) in [6, 6.07) is 11.8. The van der Waals surface area contributed by atoms with Gasteiger partial charge in [0.05, 0.1) is 22.7 Å². The minimum Gasteiger partial charge on any atom is -0.478 e. The maximum atomic E-state index is 14.9. The number of hydrogen-bond donors (Lipinski definition) is 1. The molecule has 2 aromatic carbocycles. The van der Waals surface area contributed by atoms with E-state index in [0.29, 0.717) is 62.2 Å². The van der Waals surface area contributed by atoms with Crippen molar-refractivity contribution < 1.29 is 36.9 Å². The number of carbonyl (C=O) groups is 1. The van der Waals surface area contributed by atoms with E-state index in [9.17, 15) is 32.7 Å². The van der Waals surface area contributed by atoms with Gasteiger partial charge in [0.1, 0.15) is 12.4 Å². The Morgan fingerprint density at radius 1 is 1.04 bits per heavy atom. The van der Waals surface area contributed by atoms with Crippen molar-refractivity contribution >= 4 is 40.4 Å². The number of rotatable bonds is 11. The Morgan fingerprint density at radius 3 is 2.47 bits per heavy atom. The Kier molecular flexibility index (Phi) is 7.54. The van der Waals surface area contributed by atoms with Crippen molar-refractivity contribution in [2.75, 3.05) is 36.0 Å². The SMILES string of the molecule is N#CCC1(Cn2c(N3CC4(CN(c5nc(OCc6ccc(Cl)cc6OC(F)F)c(F)cc5F)C4)C3)nc3ccc(C(=O)O)cc32)CC1. The molecule has 47 heavy (non-hydrogen) atoms. The summed E-state index contributed by atoms with van der Waals surface area (Å²) in [6.07, 6.45) is 2.21. The van der Waals surface area contributed by atoms with Crippen LogP contribution in [0, 0.1) is 33.8 Å². The number of aromatic nitrogens is 3. The number of imidazole rings is 1. The van der Waals surface area contributed by atoms with Gasteiger partial charge in [-0.1, -0.05) is 17.7 Å². The number of alkyl halides is 2. The van der Waals surface area contributed by atoms with Gasteiger partial charge in [0, 0.05) is 66.6 Å². The van der Waals surface area contributed by atoms with Crippen LogP contribution >= 0.6 is 11.6 Å². The monoisotopic (exact) mass is 670 g/mol. The molecule has 4 aromatic rings. The molecule has 0 amide bonds. The molecule has 0 unspecified atom stereocenters. The summed E-state index contributed by atoms with van der Waals surface area (Å²) in [7, 11) is 0. The third-order valence-corrected chi connectivity index (χ3v) is 9.29. The van der Waals surface area contributed by atoms with E-state index in [4.69, 9.17) is 21.3 Å². The number of ether oxygens (including phenoxy) is 2. The topological polar surface area (TPSA) is 117 Å². The van der Waals surface area contributed by atoms with Gasteiger partial charge in [0.15, 0.2) is 17.5 Å². The first-order chi connectivity index (χ1) is 22.5. The van der Waals surface area contributed by atoms with Crippen molar-refractivity contribution in [2.45, 2.75) is 39.0 Å². The number of aromatic carboxylic acids is 1. The van der Waals surface area contributed by atoms with Crippen LogP contribution in [-0.2, 0) is 13.2 Å². The molecule has 2 aromatic heterocycles. The van der Waals surface area contributed by atoms with E-state index in [1.54, 1.807) is 17.0 Å². The average Bonchev–Trinajstić information content (AvgIpc) is 3.64. The van der Waals surface area contributed by atoms with Crippen molar-refractivity contribution in [3.63, 3.8) is 0 Å². The van der Waals surface area contributed by atoms with Crippen molar-refractivity contribution in [3.8, 4) is 17.7 Å². The second kappa shape index (κ2) is 11.5. The highest BCUT2D eigenvalue weighted by Gasteiger charge is 2.54. The molecule has 7 rings (SSSR count). The number of nitrogens with zero attached hydrogens (tertiary/aromatic N) is 6. The van der Waals surface area contributed by atoms with Gasteiger partial charge in [0.2, 0.25) is 5.95 Å². The van der Waals surface area contributed by atoms with Crippen LogP contribution in [0.5, 0.6) is 11.6 Å². The Hall–Kier alpha value is -4.77. The number of fused-ring (bicyclic) bond motifs is 1. The number of carboxylic acids is 1. The lowest BCUT2D eigenvalue weighted by atomic mass is 9.73. The summed E-state index contributed by atoms with van der Waals surface area (Å²) in [5, 5.41) is 19.1. The fourth-order valence-corrected chi connectivity index (χ4v) is 6.65. The minimum atomic E-state index is -3.11. The normalized spacial score (nSPS) is 17.4. The van der Waals surface area contributed by atoms with Gasteiger partial charge in [-0.3, -0.25) is 0 Å². The molecule has 1 N–H and O–H groups in total. The number of anilines is 2. The van der Waals surface area contributed by atoms with Crippen LogP contribution in [0.3, 0.4) is 0 Å². The Labute approximate surface area is 270 Å². The average molecular weight is 671 g/mol. The largest absolute Gasteiger partial charge is 0.478 e. The van der Waals surface area contributed by atoms with E-state index in [1.807, 2.05) is 4.57 Å². The third kappa shape index (κ3) is 5.84. The van der Waals surface area contributed by atoms with Crippen LogP contribution in [0.4, 0.5) is 29.3 Å². The van der Waals surface area contributed by atoms with Crippen molar-refractivity contribution in [1.29, 1.82) is 5.26 Å². The Bertz CT molecular complexity index is 1930. The van der Waals surface area contributed by atoms with Crippen LogP contribution in [-0.4, -0.2) is 58.4 Å². The summed E-state index contributed by atoms with van der Waals surface area (Å²) < 4.78 is 67.2. The smallest absolute Gasteiger partial charge is 0.387 e. The molecule has 1 aliphatic carbocycles. The second-order valence-electron chi connectivity index (χ2n) is 12.6. The van der Waals surface area contributed by atoms with E-state index >= 15 is 0 Å². The zero-order valence-electron chi connectivity index (χ0n) is 24.7. The molecule has 4 heterocycles. The van der Waals surface area contributed by atoms with Gasteiger partial charge < -0.3 is 28.9 Å². The number of hydrogen-bond acceptors (Lipinski definition) is 8. The highest BCUT2D eigenvalue weighted by atomic mass is 35.5. The Morgan fingerprint density at radius 2 is 1.79 bits per heavy atom. The molecule has 1 saturated carbocycles. The first kappa shape index (κ1) is 30.9. The van der Waals surface area contributed by atoms with Gasteiger partial charge in [-0.25, -0.2) is 18.6 Å². The molecule has 3 aliphatic rings. The lowest BCUT2D eigenvalue weighted by Gasteiger charge is -2.60. The standard InChI is InChI=1S/C32H27ClF4N6O4/c33-20-3-1-19(25(10-20)47-29(36)37)12-46-27-22(35)11-21(34)26(40-27)41-13-32(14-41)15-42(16-32)30-39-23-4-2-18(28(44)45)9-24(23)43(30)17-31(5-6-31)7-8-38/h1-4,9-11,29H,5-7,12-17H2,(H,44,45). The van der Waals surface area contributed by atoms with E-state index < -0.39 is 30.1 Å². The van der Waals surface area contributed by atoms with Gasteiger partial charge in [-0.15, -0.1) is 0 Å². The number of nitriles is 1. The molecule has 0 radical (unpaired) electrons. The zero-order chi connectivity index (χ0) is 33.1. The number of pyridine rings is 1. The second-order valence-corrected chi connectivity index (χ2v) is 13.0. The predicted octanol–water partition coefficient (Wildman–Crippen LogP) is 6.26. The summed E-state index contributed by atoms with van der Waals surface area (Å²) in [4.78, 5) is 24.4. The Balaban J connectivity index is 1.06. The molecular weight excluding hydrogens is 644 g/mol. The molecule has 10 nitrogen and oxygen atoms in total.